The van der Waals surface area contributed by atoms with Crippen LogP contribution in [0.3, 0.4) is 0 Å². The van der Waals surface area contributed by atoms with Gasteiger partial charge in [0.25, 0.3) is 0 Å². The van der Waals surface area contributed by atoms with Crippen LogP contribution in [0.1, 0.15) is 42.7 Å². The highest BCUT2D eigenvalue weighted by Crippen LogP contribution is 2.32. The summed E-state index contributed by atoms with van der Waals surface area (Å²) < 4.78 is 0. The van der Waals surface area contributed by atoms with Gasteiger partial charge in [-0.05, 0) is 38.7 Å². The van der Waals surface area contributed by atoms with E-state index in [1.807, 2.05) is 6.92 Å². The maximum Gasteiger partial charge on any atom is 0.324 e. The van der Waals surface area contributed by atoms with Gasteiger partial charge in [-0.2, -0.15) is 0 Å². The Morgan fingerprint density at radius 3 is 2.71 bits per heavy atom. The molecule has 1 aliphatic carbocycles. The van der Waals surface area contributed by atoms with Gasteiger partial charge in [0.1, 0.15) is 6.04 Å². The lowest BCUT2D eigenvalue weighted by Gasteiger charge is -2.24. The van der Waals surface area contributed by atoms with Gasteiger partial charge in [0.15, 0.2) is 5.13 Å². The molecule has 1 aromatic heterocycles. The molecule has 3 rings (SSSR count). The molecular formula is C19H26N6O2S. The van der Waals surface area contributed by atoms with Gasteiger partial charge in [0, 0.05) is 24.4 Å². The first-order chi connectivity index (χ1) is 13.4. The number of likely N-dealkylation sites (tertiary alicyclic amines) is 1. The van der Waals surface area contributed by atoms with Crippen LogP contribution >= 0.6 is 11.3 Å². The van der Waals surface area contributed by atoms with Gasteiger partial charge in [0.05, 0.1) is 16.3 Å². The standard InChI is InChI=1S/C19H26N6O2S/c1-11(13-5-3-6-13)22-9-8-14(20)16-12(2)23-18(28-16)24-19(27)25-10-4-7-15(25)17(21)26/h8-9,13,15H,1,3-7,10,20H2,2H3,(H2,21,26)(H,23,24,27)/b14-8-,22-9?/t15-/m0/s1. The molecule has 3 amide bonds. The van der Waals surface area contributed by atoms with E-state index in [1.54, 1.807) is 12.3 Å². The molecule has 5 N–H and O–H groups in total. The highest BCUT2D eigenvalue weighted by atomic mass is 32.1. The molecule has 1 atom stereocenters. The number of allylic oxidation sites excluding steroid dienone is 2. The number of carbonyl (C=O) groups is 2. The fourth-order valence-electron chi connectivity index (χ4n) is 3.32. The lowest BCUT2D eigenvalue weighted by atomic mass is 9.83. The summed E-state index contributed by atoms with van der Waals surface area (Å²) in [6.45, 7) is 6.32. The summed E-state index contributed by atoms with van der Waals surface area (Å²) in [7, 11) is 0. The van der Waals surface area contributed by atoms with Crippen molar-refractivity contribution in [2.75, 3.05) is 11.9 Å². The number of primary amides is 1. The second kappa shape index (κ2) is 8.55. The molecule has 1 saturated heterocycles. The molecular weight excluding hydrogens is 376 g/mol. The first-order valence-corrected chi connectivity index (χ1v) is 10.2. The summed E-state index contributed by atoms with van der Waals surface area (Å²) in [6, 6.07) is -0.937. The molecule has 150 valence electrons. The quantitative estimate of drug-likeness (QED) is 0.632. The number of aliphatic imine (C=N–C) groups is 1. The molecule has 0 radical (unpaired) electrons. The monoisotopic (exact) mass is 402 g/mol. The zero-order valence-corrected chi connectivity index (χ0v) is 16.8. The molecule has 1 aromatic rings. The van der Waals surface area contributed by atoms with Gasteiger partial charge in [0.2, 0.25) is 5.91 Å². The van der Waals surface area contributed by atoms with Gasteiger partial charge in [-0.3, -0.25) is 15.1 Å². The second-order valence-electron chi connectivity index (χ2n) is 7.14. The Morgan fingerprint density at radius 1 is 1.32 bits per heavy atom. The Balaban J connectivity index is 1.64. The van der Waals surface area contributed by atoms with E-state index in [0.29, 0.717) is 35.4 Å². The number of nitrogens with zero attached hydrogens (tertiary/aromatic N) is 3. The van der Waals surface area contributed by atoms with Crippen molar-refractivity contribution in [1.82, 2.24) is 9.88 Å². The van der Waals surface area contributed by atoms with Crippen molar-refractivity contribution >= 4 is 40.3 Å². The van der Waals surface area contributed by atoms with Crippen molar-refractivity contribution < 1.29 is 9.59 Å². The molecule has 28 heavy (non-hydrogen) atoms. The fourth-order valence-corrected chi connectivity index (χ4v) is 4.22. The highest BCUT2D eigenvalue weighted by Gasteiger charge is 2.33. The Morgan fingerprint density at radius 2 is 2.07 bits per heavy atom. The maximum absolute atomic E-state index is 12.5. The molecule has 0 unspecified atom stereocenters. The van der Waals surface area contributed by atoms with Crippen LogP contribution in [-0.4, -0.2) is 40.6 Å². The third-order valence-corrected chi connectivity index (χ3v) is 6.31. The summed E-state index contributed by atoms with van der Waals surface area (Å²) in [6.07, 6.45) is 8.27. The number of rotatable bonds is 6. The van der Waals surface area contributed by atoms with Crippen LogP contribution in [0.25, 0.3) is 5.70 Å². The molecule has 1 aliphatic heterocycles. The van der Waals surface area contributed by atoms with E-state index >= 15 is 0 Å². The normalized spacial score (nSPS) is 20.4. The highest BCUT2D eigenvalue weighted by molar-refractivity contribution is 7.16. The number of amides is 3. The SMILES string of the molecule is C=C(N=C/C=C(\N)c1sc(NC(=O)N2CCC[C@H]2C(N)=O)nc1C)C1CCC1. The molecule has 2 fully saturated rings. The Labute approximate surface area is 168 Å². The predicted molar refractivity (Wildman–Crippen MR) is 112 cm³/mol. The minimum absolute atomic E-state index is 0.373. The molecule has 0 spiro atoms. The van der Waals surface area contributed by atoms with Crippen molar-refractivity contribution in [2.45, 2.75) is 45.1 Å². The van der Waals surface area contributed by atoms with Crippen molar-refractivity contribution in [3.8, 4) is 0 Å². The number of aromatic nitrogens is 1. The Bertz CT molecular complexity index is 839. The third-order valence-electron chi connectivity index (χ3n) is 5.19. The van der Waals surface area contributed by atoms with Crippen molar-refractivity contribution in [2.24, 2.45) is 22.4 Å². The Kier molecular flexibility index (Phi) is 6.13. The third kappa shape index (κ3) is 4.41. The lowest BCUT2D eigenvalue weighted by molar-refractivity contribution is -0.121. The fraction of sp³-hybridized carbons (Fsp3) is 0.474. The molecule has 8 nitrogen and oxygen atoms in total. The van der Waals surface area contributed by atoms with Crippen LogP contribution in [-0.2, 0) is 4.79 Å². The average molecular weight is 403 g/mol. The van der Waals surface area contributed by atoms with E-state index in [4.69, 9.17) is 11.5 Å². The smallest absolute Gasteiger partial charge is 0.324 e. The summed E-state index contributed by atoms with van der Waals surface area (Å²) in [4.78, 5) is 34.9. The molecule has 0 aromatic carbocycles. The summed E-state index contributed by atoms with van der Waals surface area (Å²) in [5.41, 5.74) is 13.7. The van der Waals surface area contributed by atoms with E-state index in [1.165, 1.54) is 22.7 Å². The number of anilines is 1. The number of aryl methyl sites for hydroxylation is 1. The van der Waals surface area contributed by atoms with Crippen molar-refractivity contribution in [3.05, 3.63) is 28.9 Å². The lowest BCUT2D eigenvalue weighted by Crippen LogP contribution is -2.45. The number of hydrogen-bond acceptors (Lipinski definition) is 6. The molecule has 2 aliphatic rings. The predicted octanol–water partition coefficient (Wildman–Crippen LogP) is 2.62. The van der Waals surface area contributed by atoms with Gasteiger partial charge in [-0.15, -0.1) is 0 Å². The van der Waals surface area contributed by atoms with E-state index in [2.05, 4.69) is 21.9 Å². The number of nitrogens with one attached hydrogen (secondary N) is 1. The maximum atomic E-state index is 12.5. The molecule has 1 saturated carbocycles. The minimum Gasteiger partial charge on any atom is -0.397 e. The van der Waals surface area contributed by atoms with E-state index < -0.39 is 11.9 Å². The molecule has 9 heteroatoms. The zero-order chi connectivity index (χ0) is 20.3. The number of urea groups is 1. The first kappa shape index (κ1) is 20.1. The van der Waals surface area contributed by atoms with E-state index in [-0.39, 0.29) is 6.03 Å². The van der Waals surface area contributed by atoms with Crippen LogP contribution in [0.5, 0.6) is 0 Å². The van der Waals surface area contributed by atoms with Crippen molar-refractivity contribution in [1.29, 1.82) is 0 Å². The van der Waals surface area contributed by atoms with Gasteiger partial charge >= 0.3 is 6.03 Å². The average Bonchev–Trinajstić information content (AvgIpc) is 3.20. The van der Waals surface area contributed by atoms with Crippen molar-refractivity contribution in [3.63, 3.8) is 0 Å². The number of thiazole rings is 1. The van der Waals surface area contributed by atoms with Gasteiger partial charge < -0.3 is 16.4 Å². The van der Waals surface area contributed by atoms with Crippen LogP contribution in [0.4, 0.5) is 9.93 Å². The summed E-state index contributed by atoms with van der Waals surface area (Å²) in [5.74, 6) is 0.00579. The second-order valence-corrected chi connectivity index (χ2v) is 8.14. The summed E-state index contributed by atoms with van der Waals surface area (Å²) in [5, 5.41) is 3.18. The zero-order valence-electron chi connectivity index (χ0n) is 16.0. The molecule has 0 bridgehead atoms. The summed E-state index contributed by atoms with van der Waals surface area (Å²) >= 11 is 1.28. The van der Waals surface area contributed by atoms with Crippen LogP contribution < -0.4 is 16.8 Å². The van der Waals surface area contributed by atoms with Crippen LogP contribution in [0, 0.1) is 12.8 Å². The first-order valence-electron chi connectivity index (χ1n) is 9.40. The largest absolute Gasteiger partial charge is 0.397 e. The Hall–Kier alpha value is -2.68. The van der Waals surface area contributed by atoms with E-state index in [9.17, 15) is 9.59 Å². The van der Waals surface area contributed by atoms with E-state index in [0.717, 1.165) is 29.8 Å². The van der Waals surface area contributed by atoms with Crippen LogP contribution in [0.15, 0.2) is 23.3 Å². The number of hydrogen-bond donors (Lipinski definition) is 3. The topological polar surface area (TPSA) is 127 Å². The van der Waals surface area contributed by atoms with Gasteiger partial charge in [-0.25, -0.2) is 9.78 Å². The van der Waals surface area contributed by atoms with Gasteiger partial charge in [-0.1, -0.05) is 24.3 Å². The number of nitrogens with two attached hydrogens (primary N) is 2. The minimum atomic E-state index is -0.564. The van der Waals surface area contributed by atoms with Crippen LogP contribution in [0.2, 0.25) is 0 Å². The molecule has 2 heterocycles. The number of carbonyl (C=O) groups excluding carboxylic acids is 2.